The van der Waals surface area contributed by atoms with Gasteiger partial charge in [0.05, 0.1) is 18.0 Å². The van der Waals surface area contributed by atoms with E-state index in [2.05, 4.69) is 4.72 Å². The van der Waals surface area contributed by atoms with E-state index in [9.17, 15) is 9.00 Å². The van der Waals surface area contributed by atoms with Crippen molar-refractivity contribution in [1.29, 1.82) is 0 Å². The van der Waals surface area contributed by atoms with E-state index in [1.165, 1.54) is 12.2 Å². The maximum atomic E-state index is 12.6. The summed E-state index contributed by atoms with van der Waals surface area (Å²) in [6, 6.07) is 16.6. The van der Waals surface area contributed by atoms with Crippen molar-refractivity contribution in [2.45, 2.75) is 24.3 Å². The quantitative estimate of drug-likeness (QED) is 0.784. The van der Waals surface area contributed by atoms with Crippen molar-refractivity contribution >= 4 is 16.9 Å². The third-order valence-corrected chi connectivity index (χ3v) is 4.89. The number of carbonyl (C=O) groups excluding carboxylic acids is 1. The smallest absolute Gasteiger partial charge is 0.247 e. The number of benzene rings is 2. The van der Waals surface area contributed by atoms with Gasteiger partial charge in [-0.1, -0.05) is 48.0 Å². The van der Waals surface area contributed by atoms with Gasteiger partial charge in [-0.2, -0.15) is 0 Å². The van der Waals surface area contributed by atoms with Gasteiger partial charge >= 0.3 is 0 Å². The summed E-state index contributed by atoms with van der Waals surface area (Å²) in [6.07, 6.45) is 0.145. The van der Waals surface area contributed by atoms with E-state index in [1.807, 2.05) is 61.5 Å². The molecule has 5 nitrogen and oxygen atoms in total. The molecule has 0 aliphatic carbocycles. The van der Waals surface area contributed by atoms with Crippen LogP contribution in [-0.4, -0.2) is 29.3 Å². The average Bonchev–Trinajstić information content (AvgIpc) is 2.61. The van der Waals surface area contributed by atoms with E-state index in [4.69, 9.17) is 4.84 Å². The molecule has 2 rings (SSSR count). The predicted octanol–water partition coefficient (Wildman–Crippen LogP) is 2.76. The summed E-state index contributed by atoms with van der Waals surface area (Å²) < 4.78 is 15.7. The van der Waals surface area contributed by atoms with Crippen LogP contribution in [0.25, 0.3) is 0 Å². The SMILES string of the molecule is CON(C)C(=O)C[C@@H](NS(=O)c1ccc(C)cc1)c1ccccc1. The van der Waals surface area contributed by atoms with Crippen LogP contribution < -0.4 is 4.72 Å². The molecule has 0 aliphatic rings. The molecule has 1 amide bonds. The maximum absolute atomic E-state index is 12.6. The van der Waals surface area contributed by atoms with Gasteiger partial charge in [0, 0.05) is 13.5 Å². The Bertz CT molecular complexity index is 689. The first-order valence-electron chi connectivity index (χ1n) is 7.61. The zero-order valence-electron chi connectivity index (χ0n) is 14.1. The lowest BCUT2D eigenvalue weighted by molar-refractivity contribution is -0.169. The molecule has 24 heavy (non-hydrogen) atoms. The van der Waals surface area contributed by atoms with Crippen molar-refractivity contribution in [1.82, 2.24) is 9.79 Å². The minimum Gasteiger partial charge on any atom is -0.275 e. The van der Waals surface area contributed by atoms with Gasteiger partial charge in [-0.15, -0.1) is 0 Å². The van der Waals surface area contributed by atoms with Crippen LogP contribution in [0.2, 0.25) is 0 Å². The predicted molar refractivity (Wildman–Crippen MR) is 94.3 cm³/mol. The summed E-state index contributed by atoms with van der Waals surface area (Å²) in [5, 5.41) is 1.17. The van der Waals surface area contributed by atoms with Gasteiger partial charge < -0.3 is 0 Å². The Kier molecular flexibility index (Phi) is 6.66. The number of hydrogen-bond donors (Lipinski definition) is 1. The molecule has 2 aromatic rings. The normalized spacial score (nSPS) is 13.3. The standard InChI is InChI=1S/C18H22N2O3S/c1-14-9-11-16(12-10-14)24(22)19-17(13-18(21)20(2)23-3)15-7-5-4-6-8-15/h4-12,17,19H,13H2,1-3H3/t17-,24?/m1/s1. The number of carbonyl (C=O) groups is 1. The van der Waals surface area contributed by atoms with Crippen LogP contribution in [0.1, 0.15) is 23.6 Å². The lowest BCUT2D eigenvalue weighted by Gasteiger charge is -2.21. The van der Waals surface area contributed by atoms with E-state index in [-0.39, 0.29) is 18.4 Å². The number of rotatable bonds is 7. The summed E-state index contributed by atoms with van der Waals surface area (Å²) >= 11 is 0. The zero-order valence-corrected chi connectivity index (χ0v) is 14.9. The third kappa shape index (κ3) is 4.99. The fraction of sp³-hybridized carbons (Fsp3) is 0.278. The van der Waals surface area contributed by atoms with Gasteiger partial charge in [0.2, 0.25) is 5.91 Å². The van der Waals surface area contributed by atoms with Crippen LogP contribution in [0.5, 0.6) is 0 Å². The van der Waals surface area contributed by atoms with Gasteiger partial charge in [-0.25, -0.2) is 14.0 Å². The molecule has 0 heterocycles. The molecule has 128 valence electrons. The van der Waals surface area contributed by atoms with Gasteiger partial charge in [0.25, 0.3) is 0 Å². The molecule has 0 spiro atoms. The number of amides is 1. The Labute approximate surface area is 145 Å². The molecule has 0 fully saturated rings. The van der Waals surface area contributed by atoms with Crippen molar-refractivity contribution in [3.05, 3.63) is 65.7 Å². The first-order chi connectivity index (χ1) is 11.5. The summed E-state index contributed by atoms with van der Waals surface area (Å²) in [6.45, 7) is 1.98. The van der Waals surface area contributed by atoms with E-state index in [1.54, 1.807) is 7.05 Å². The highest BCUT2D eigenvalue weighted by molar-refractivity contribution is 7.83. The van der Waals surface area contributed by atoms with E-state index in [0.29, 0.717) is 4.90 Å². The molecule has 0 saturated heterocycles. The minimum atomic E-state index is -1.42. The maximum Gasteiger partial charge on any atom is 0.247 e. The van der Waals surface area contributed by atoms with Crippen LogP contribution in [0.4, 0.5) is 0 Å². The van der Waals surface area contributed by atoms with Crippen molar-refractivity contribution < 1.29 is 13.8 Å². The van der Waals surface area contributed by atoms with Crippen LogP contribution in [-0.2, 0) is 20.6 Å². The van der Waals surface area contributed by atoms with Crippen LogP contribution >= 0.6 is 0 Å². The van der Waals surface area contributed by atoms with Crippen molar-refractivity contribution in [2.24, 2.45) is 0 Å². The molecule has 2 aromatic carbocycles. The largest absolute Gasteiger partial charge is 0.275 e. The first kappa shape index (κ1) is 18.3. The monoisotopic (exact) mass is 346 g/mol. The molecular formula is C18H22N2O3S. The fourth-order valence-corrected chi connectivity index (χ4v) is 3.17. The molecule has 0 saturated carbocycles. The number of hydroxylamine groups is 2. The second-order valence-corrected chi connectivity index (χ2v) is 6.69. The Morgan fingerprint density at radius 2 is 1.79 bits per heavy atom. The Morgan fingerprint density at radius 3 is 2.38 bits per heavy atom. The van der Waals surface area contributed by atoms with Crippen molar-refractivity contribution in [3.8, 4) is 0 Å². The highest BCUT2D eigenvalue weighted by Gasteiger charge is 2.21. The first-order valence-corrected chi connectivity index (χ1v) is 8.76. The lowest BCUT2D eigenvalue weighted by Crippen LogP contribution is -2.32. The Morgan fingerprint density at radius 1 is 1.17 bits per heavy atom. The second-order valence-electron chi connectivity index (χ2n) is 5.44. The molecule has 0 radical (unpaired) electrons. The summed E-state index contributed by atoms with van der Waals surface area (Å²) in [5.74, 6) is -0.195. The molecule has 1 N–H and O–H groups in total. The Balaban J connectivity index is 2.18. The molecule has 2 atom stereocenters. The second kappa shape index (κ2) is 8.73. The van der Waals surface area contributed by atoms with E-state index >= 15 is 0 Å². The number of nitrogens with one attached hydrogen (secondary N) is 1. The molecule has 1 unspecified atom stereocenters. The van der Waals surface area contributed by atoms with Gasteiger partial charge in [0.15, 0.2) is 0 Å². The van der Waals surface area contributed by atoms with E-state index < -0.39 is 11.0 Å². The molecule has 0 bridgehead atoms. The van der Waals surface area contributed by atoms with Crippen molar-refractivity contribution in [3.63, 3.8) is 0 Å². The molecule has 0 aromatic heterocycles. The third-order valence-electron chi connectivity index (χ3n) is 3.69. The summed E-state index contributed by atoms with van der Waals surface area (Å²) in [7, 11) is 1.58. The molecule has 6 heteroatoms. The molecular weight excluding hydrogens is 324 g/mol. The number of hydrogen-bond acceptors (Lipinski definition) is 3. The zero-order chi connectivity index (χ0) is 17.5. The van der Waals surface area contributed by atoms with Gasteiger partial charge in [-0.3, -0.25) is 9.63 Å². The number of nitrogens with zero attached hydrogens (tertiary/aromatic N) is 1. The average molecular weight is 346 g/mol. The van der Waals surface area contributed by atoms with Gasteiger partial charge in [0.1, 0.15) is 11.0 Å². The fourth-order valence-electron chi connectivity index (χ4n) is 2.18. The highest BCUT2D eigenvalue weighted by Crippen LogP contribution is 2.20. The van der Waals surface area contributed by atoms with E-state index in [0.717, 1.165) is 11.1 Å². The molecule has 0 aliphatic heterocycles. The number of aryl methyl sites for hydroxylation is 1. The van der Waals surface area contributed by atoms with Crippen LogP contribution in [0.15, 0.2) is 59.5 Å². The summed E-state index contributed by atoms with van der Waals surface area (Å²) in [5.41, 5.74) is 2.00. The summed E-state index contributed by atoms with van der Waals surface area (Å²) in [4.78, 5) is 17.8. The van der Waals surface area contributed by atoms with Crippen LogP contribution in [0.3, 0.4) is 0 Å². The highest BCUT2D eigenvalue weighted by atomic mass is 32.2. The van der Waals surface area contributed by atoms with Gasteiger partial charge in [-0.05, 0) is 24.6 Å². The van der Waals surface area contributed by atoms with Crippen molar-refractivity contribution in [2.75, 3.05) is 14.2 Å². The topological polar surface area (TPSA) is 58.6 Å². The lowest BCUT2D eigenvalue weighted by atomic mass is 10.0. The Hall–Kier alpha value is -2.02. The minimum absolute atomic E-state index is 0.145. The van der Waals surface area contributed by atoms with Crippen LogP contribution in [0, 0.1) is 6.92 Å².